The number of fused-ring (bicyclic) bond motifs is 11. The van der Waals surface area contributed by atoms with Crippen LogP contribution in [-0.2, 0) is 32.5 Å². The van der Waals surface area contributed by atoms with E-state index in [0.717, 1.165) is 22.7 Å². The summed E-state index contributed by atoms with van der Waals surface area (Å²) in [6, 6.07) is 65.6. The Labute approximate surface area is 443 Å². The maximum atomic E-state index is 2.55. The van der Waals surface area contributed by atoms with Crippen molar-refractivity contribution in [2.45, 2.75) is 143 Å². The molecule has 0 N–H and O–H groups in total. The summed E-state index contributed by atoms with van der Waals surface area (Å²) in [5.74, 6) is 0. The second-order valence-electron chi connectivity index (χ2n) is 26.7. The van der Waals surface area contributed by atoms with E-state index in [4.69, 9.17) is 0 Å². The van der Waals surface area contributed by atoms with E-state index < -0.39 is 0 Å². The average molecular weight is 969 g/mol. The van der Waals surface area contributed by atoms with Crippen molar-refractivity contribution in [2.24, 2.45) is 0 Å². The van der Waals surface area contributed by atoms with E-state index in [1.165, 1.54) is 99.7 Å². The molecule has 0 unspecified atom stereocenters. The highest BCUT2D eigenvalue weighted by atomic mass is 15.1. The van der Waals surface area contributed by atoms with Gasteiger partial charge in [-0.3, -0.25) is 0 Å². The highest BCUT2D eigenvalue weighted by molar-refractivity contribution is 6.13. The molecule has 11 rings (SSSR count). The van der Waals surface area contributed by atoms with Crippen molar-refractivity contribution < 1.29 is 0 Å². The van der Waals surface area contributed by atoms with Crippen molar-refractivity contribution in [3.8, 4) is 22.3 Å². The number of hydrogen-bond donors (Lipinski definition) is 0. The molecule has 0 radical (unpaired) electrons. The smallest absolute Gasteiger partial charge is 0.0543 e. The lowest BCUT2D eigenvalue weighted by Gasteiger charge is -2.33. The van der Waals surface area contributed by atoms with E-state index in [-0.39, 0.29) is 32.5 Å². The summed E-state index contributed by atoms with van der Waals surface area (Å²) in [5.41, 5.74) is 23.0. The lowest BCUT2D eigenvalue weighted by Crippen LogP contribution is -2.24. The molecule has 0 aliphatic heterocycles. The van der Waals surface area contributed by atoms with Gasteiger partial charge in [0.25, 0.3) is 0 Å². The van der Waals surface area contributed by atoms with Crippen LogP contribution in [0.1, 0.15) is 155 Å². The van der Waals surface area contributed by atoms with Gasteiger partial charge in [0.05, 0.1) is 11.4 Å². The molecule has 374 valence electrons. The maximum absolute atomic E-state index is 2.55. The van der Waals surface area contributed by atoms with Crippen LogP contribution in [0.5, 0.6) is 0 Å². The van der Waals surface area contributed by atoms with E-state index in [9.17, 15) is 0 Å². The normalized spacial score (nSPS) is 14.7. The zero-order valence-corrected chi connectivity index (χ0v) is 47.1. The van der Waals surface area contributed by atoms with Gasteiger partial charge in [-0.1, -0.05) is 220 Å². The Morgan fingerprint density at radius 2 is 0.541 bits per heavy atom. The first-order chi connectivity index (χ1) is 34.8. The second-order valence-corrected chi connectivity index (χ2v) is 26.7. The van der Waals surface area contributed by atoms with Crippen molar-refractivity contribution in [2.75, 3.05) is 9.80 Å². The van der Waals surface area contributed by atoms with E-state index in [1.807, 2.05) is 0 Å². The van der Waals surface area contributed by atoms with E-state index in [1.54, 1.807) is 0 Å². The molecule has 0 bridgehead atoms. The summed E-state index contributed by atoms with van der Waals surface area (Å²) in [6.45, 7) is 37.5. The summed E-state index contributed by atoms with van der Waals surface area (Å²) < 4.78 is 0. The summed E-state index contributed by atoms with van der Waals surface area (Å²) in [7, 11) is 0. The summed E-state index contributed by atoms with van der Waals surface area (Å²) in [5, 5.41) is 5.08. The molecule has 0 atom stereocenters. The monoisotopic (exact) mass is 969 g/mol. The van der Waals surface area contributed by atoms with Gasteiger partial charge >= 0.3 is 0 Å². The minimum Gasteiger partial charge on any atom is -0.310 e. The van der Waals surface area contributed by atoms with Crippen molar-refractivity contribution in [3.63, 3.8) is 0 Å². The Balaban J connectivity index is 1.11. The SMILES string of the molecule is CC(C)(C)c1ccc(N(c2ccc(C(C)(C)C)cc2)c2cc3c(c4ccccc24)-c2ccc4c(c2C3(C)C)C(C)(C)c2cc(N(c3ccc(C(C)(C)C)cc3)c3ccc(C(C)(C)C)cc3)c3ccccc3c2-4)cc1. The number of hydrogen-bond acceptors (Lipinski definition) is 2. The molecule has 0 amide bonds. The molecular weight excluding hydrogens is 893 g/mol. The molecule has 2 aliphatic carbocycles. The van der Waals surface area contributed by atoms with Crippen LogP contribution in [0.4, 0.5) is 34.1 Å². The number of rotatable bonds is 6. The molecule has 74 heavy (non-hydrogen) atoms. The van der Waals surface area contributed by atoms with Crippen LogP contribution in [0.3, 0.4) is 0 Å². The van der Waals surface area contributed by atoms with Crippen LogP contribution in [0, 0.1) is 0 Å². The molecule has 2 aliphatic rings. The fourth-order valence-electron chi connectivity index (χ4n) is 12.5. The first-order valence-electron chi connectivity index (χ1n) is 27.1. The molecule has 0 saturated carbocycles. The van der Waals surface area contributed by atoms with Crippen LogP contribution >= 0.6 is 0 Å². The van der Waals surface area contributed by atoms with Crippen LogP contribution in [0.25, 0.3) is 43.8 Å². The van der Waals surface area contributed by atoms with E-state index in [2.05, 4.69) is 290 Å². The second kappa shape index (κ2) is 16.8. The van der Waals surface area contributed by atoms with Gasteiger partial charge in [-0.15, -0.1) is 0 Å². The van der Waals surface area contributed by atoms with Crippen LogP contribution < -0.4 is 9.80 Å². The van der Waals surface area contributed by atoms with Crippen LogP contribution in [-0.4, -0.2) is 0 Å². The molecule has 9 aromatic rings. The standard InChI is InChI=1S/C72H76N2/c1-67(2,3)45-25-33-49(34-26-45)73(50-35-27-46(28-36-50)68(4,5)6)61-43-59-63(55-23-19-17-21-53(55)61)57-41-42-58-64-56-24-20-18-22-54(56)62(44-60(64)72(15,16)66(58)65(57)71(59,13)14)74(51-37-29-47(30-38-51)69(7,8)9)52-39-31-48(32-40-52)70(10,11)12/h17-44H,1-16H3. The van der Waals surface area contributed by atoms with Crippen molar-refractivity contribution in [3.05, 3.63) is 214 Å². The lowest BCUT2D eigenvalue weighted by atomic mass is 9.72. The fourth-order valence-corrected chi connectivity index (χ4v) is 12.5. The summed E-state index contributed by atoms with van der Waals surface area (Å²) in [4.78, 5) is 5.02. The molecule has 2 heteroatoms. The first kappa shape index (κ1) is 49.3. The first-order valence-corrected chi connectivity index (χ1v) is 27.1. The quantitative estimate of drug-likeness (QED) is 0.164. The molecule has 0 saturated heterocycles. The molecular formula is C72H76N2. The van der Waals surface area contributed by atoms with Crippen LogP contribution in [0.2, 0.25) is 0 Å². The van der Waals surface area contributed by atoms with Gasteiger partial charge in [-0.2, -0.15) is 0 Å². The molecule has 0 fully saturated rings. The van der Waals surface area contributed by atoms with Crippen LogP contribution in [0.15, 0.2) is 170 Å². The van der Waals surface area contributed by atoms with Gasteiger partial charge in [0.15, 0.2) is 0 Å². The van der Waals surface area contributed by atoms with Gasteiger partial charge in [0.2, 0.25) is 0 Å². The Morgan fingerprint density at radius 1 is 0.297 bits per heavy atom. The van der Waals surface area contributed by atoms with Gasteiger partial charge in [-0.25, -0.2) is 0 Å². The van der Waals surface area contributed by atoms with Crippen molar-refractivity contribution >= 4 is 55.7 Å². The van der Waals surface area contributed by atoms with Gasteiger partial charge < -0.3 is 9.80 Å². The zero-order chi connectivity index (χ0) is 52.7. The number of nitrogens with zero attached hydrogens (tertiary/aromatic N) is 2. The van der Waals surface area contributed by atoms with Crippen molar-refractivity contribution in [1.29, 1.82) is 0 Å². The predicted octanol–water partition coefficient (Wildman–Crippen LogP) is 20.7. The lowest BCUT2D eigenvalue weighted by molar-refractivity contribution is 0.590. The van der Waals surface area contributed by atoms with Gasteiger partial charge in [0.1, 0.15) is 0 Å². The third-order valence-corrected chi connectivity index (χ3v) is 16.8. The third-order valence-electron chi connectivity index (χ3n) is 16.8. The van der Waals surface area contributed by atoms with Gasteiger partial charge in [0, 0.05) is 44.4 Å². The Bertz CT molecular complexity index is 3290. The Hall–Kier alpha value is -6.90. The molecule has 2 nitrogen and oxygen atoms in total. The number of benzene rings is 9. The number of anilines is 6. The Kier molecular flexibility index (Phi) is 11.2. The van der Waals surface area contributed by atoms with Gasteiger partial charge in [-0.05, 0) is 160 Å². The van der Waals surface area contributed by atoms with Crippen molar-refractivity contribution in [1.82, 2.24) is 0 Å². The molecule has 9 aromatic carbocycles. The van der Waals surface area contributed by atoms with E-state index in [0.29, 0.717) is 0 Å². The largest absolute Gasteiger partial charge is 0.310 e. The minimum atomic E-state index is -0.319. The third kappa shape index (κ3) is 7.89. The molecule has 0 spiro atoms. The maximum Gasteiger partial charge on any atom is 0.0543 e. The highest BCUT2D eigenvalue weighted by Crippen LogP contribution is 2.63. The topological polar surface area (TPSA) is 6.48 Å². The minimum absolute atomic E-state index is 0.0471. The fraction of sp³-hybridized carbons (Fsp3) is 0.306. The zero-order valence-electron chi connectivity index (χ0n) is 47.1. The summed E-state index contributed by atoms with van der Waals surface area (Å²) in [6.07, 6.45) is 0. The highest BCUT2D eigenvalue weighted by Gasteiger charge is 2.47. The Morgan fingerprint density at radius 3 is 0.784 bits per heavy atom. The molecule has 0 aromatic heterocycles. The molecule has 0 heterocycles. The van der Waals surface area contributed by atoms with E-state index >= 15 is 0 Å². The predicted molar refractivity (Wildman–Crippen MR) is 321 cm³/mol. The summed E-state index contributed by atoms with van der Waals surface area (Å²) >= 11 is 0. The average Bonchev–Trinajstić information content (AvgIpc) is 3.73.